The molecular weight excluding hydrogens is 410 g/mol. The molecule has 1 aromatic carbocycles. The number of carbonyl (C=O) groups is 4. The molecule has 30 heavy (non-hydrogen) atoms. The molecule has 4 atom stereocenters. The number of benzene rings is 1. The van der Waals surface area contributed by atoms with Gasteiger partial charge in [-0.25, -0.2) is 0 Å². The summed E-state index contributed by atoms with van der Waals surface area (Å²) in [7, 11) is 0. The van der Waals surface area contributed by atoms with E-state index in [2.05, 4.69) is 10.6 Å². The summed E-state index contributed by atoms with van der Waals surface area (Å²) in [4.78, 5) is 52.3. The van der Waals surface area contributed by atoms with E-state index in [0.29, 0.717) is 29.2 Å². The summed E-state index contributed by atoms with van der Waals surface area (Å²) >= 11 is 6.36. The summed E-state index contributed by atoms with van der Waals surface area (Å²) in [5.74, 6) is -3.87. The van der Waals surface area contributed by atoms with Crippen molar-refractivity contribution in [3.05, 3.63) is 28.3 Å². The molecular formula is C21H24ClN3O5. The molecule has 2 fully saturated rings. The van der Waals surface area contributed by atoms with Crippen molar-refractivity contribution in [1.82, 2.24) is 10.2 Å². The monoisotopic (exact) mass is 433 g/mol. The van der Waals surface area contributed by atoms with Crippen LogP contribution in [-0.4, -0.2) is 46.3 Å². The summed E-state index contributed by atoms with van der Waals surface area (Å²) in [6, 6.07) is 2.92. The van der Waals surface area contributed by atoms with Gasteiger partial charge in [-0.1, -0.05) is 31.0 Å². The van der Waals surface area contributed by atoms with Gasteiger partial charge in [0.25, 0.3) is 0 Å². The number of hydrogen-bond acceptors (Lipinski definition) is 5. The number of rotatable bonds is 6. The first-order chi connectivity index (χ1) is 14.2. The third kappa shape index (κ3) is 2.85. The summed E-state index contributed by atoms with van der Waals surface area (Å²) in [5.41, 5.74) is 0.363. The molecule has 0 saturated carbocycles. The van der Waals surface area contributed by atoms with Crippen LogP contribution in [0.25, 0.3) is 0 Å². The number of halogens is 1. The first-order valence-electron chi connectivity index (χ1n) is 10.2. The molecule has 4 unspecified atom stereocenters. The SMILES string of the molecule is CCCCN1C(=O)C2C(CCC(=O)O)NC3(C(=O)Nc4c(Cl)cc(C)cc43)C2C1=O. The molecule has 3 aliphatic heterocycles. The average Bonchev–Trinajstić information content (AvgIpc) is 3.25. The van der Waals surface area contributed by atoms with Crippen LogP contribution in [0.5, 0.6) is 0 Å². The zero-order valence-electron chi connectivity index (χ0n) is 16.8. The van der Waals surface area contributed by atoms with Gasteiger partial charge in [0.05, 0.1) is 22.5 Å². The number of likely N-dealkylation sites (tertiary alicyclic amines) is 1. The second-order valence-electron chi connectivity index (χ2n) is 8.30. The molecule has 2 saturated heterocycles. The predicted octanol–water partition coefficient (Wildman–Crippen LogP) is 2.03. The minimum Gasteiger partial charge on any atom is -0.481 e. The van der Waals surface area contributed by atoms with Crippen molar-refractivity contribution in [2.75, 3.05) is 11.9 Å². The number of carboxylic acid groups (broad SMARTS) is 1. The van der Waals surface area contributed by atoms with Crippen LogP contribution in [0, 0.1) is 18.8 Å². The van der Waals surface area contributed by atoms with E-state index < -0.39 is 35.3 Å². The van der Waals surface area contributed by atoms with Crippen LogP contribution in [0.3, 0.4) is 0 Å². The van der Waals surface area contributed by atoms with Crippen molar-refractivity contribution in [2.24, 2.45) is 11.8 Å². The number of nitrogens with zero attached hydrogens (tertiary/aromatic N) is 1. The van der Waals surface area contributed by atoms with Crippen LogP contribution in [0.4, 0.5) is 5.69 Å². The zero-order valence-corrected chi connectivity index (χ0v) is 17.6. The van der Waals surface area contributed by atoms with Crippen molar-refractivity contribution >= 4 is 41.0 Å². The van der Waals surface area contributed by atoms with E-state index >= 15 is 0 Å². The molecule has 8 nitrogen and oxygen atoms in total. The maximum Gasteiger partial charge on any atom is 0.303 e. The maximum atomic E-state index is 13.4. The molecule has 160 valence electrons. The van der Waals surface area contributed by atoms with Crippen LogP contribution >= 0.6 is 11.6 Å². The Kier molecular flexibility index (Phi) is 5.10. The minimum absolute atomic E-state index is 0.140. The van der Waals surface area contributed by atoms with E-state index in [1.165, 1.54) is 4.90 Å². The fraction of sp³-hybridized carbons (Fsp3) is 0.524. The van der Waals surface area contributed by atoms with Crippen molar-refractivity contribution in [2.45, 2.75) is 51.1 Å². The lowest BCUT2D eigenvalue weighted by Crippen LogP contribution is -2.53. The Morgan fingerprint density at radius 1 is 1.27 bits per heavy atom. The molecule has 9 heteroatoms. The summed E-state index contributed by atoms with van der Waals surface area (Å²) in [5, 5.41) is 15.5. The summed E-state index contributed by atoms with van der Waals surface area (Å²) in [6.07, 6.45) is 1.46. The molecule has 3 amide bonds. The van der Waals surface area contributed by atoms with Crippen molar-refractivity contribution in [3.63, 3.8) is 0 Å². The Balaban J connectivity index is 1.84. The normalized spacial score (nSPS) is 29.5. The first-order valence-corrected chi connectivity index (χ1v) is 10.6. The highest BCUT2D eigenvalue weighted by Crippen LogP contribution is 2.54. The number of imide groups is 1. The van der Waals surface area contributed by atoms with Crippen molar-refractivity contribution in [1.29, 1.82) is 0 Å². The number of amides is 3. The molecule has 3 heterocycles. The highest BCUT2D eigenvalue weighted by atomic mass is 35.5. The number of aliphatic carboxylic acids is 1. The number of hydrogen-bond donors (Lipinski definition) is 3. The number of fused-ring (bicyclic) bond motifs is 4. The van der Waals surface area contributed by atoms with Crippen LogP contribution < -0.4 is 10.6 Å². The highest BCUT2D eigenvalue weighted by Gasteiger charge is 2.70. The van der Waals surface area contributed by atoms with Crippen molar-refractivity contribution in [3.8, 4) is 0 Å². The van der Waals surface area contributed by atoms with E-state index in [0.717, 1.165) is 12.0 Å². The second kappa shape index (κ2) is 7.35. The Morgan fingerprint density at radius 3 is 2.67 bits per heavy atom. The van der Waals surface area contributed by atoms with Gasteiger partial charge in [0.2, 0.25) is 17.7 Å². The first kappa shape index (κ1) is 20.8. The third-order valence-electron chi connectivity index (χ3n) is 6.42. The number of unbranched alkanes of at least 4 members (excludes halogenated alkanes) is 1. The quantitative estimate of drug-likeness (QED) is 0.591. The Labute approximate surface area is 178 Å². The Hall–Kier alpha value is -2.45. The minimum atomic E-state index is -1.44. The van der Waals surface area contributed by atoms with Crippen LogP contribution in [-0.2, 0) is 24.7 Å². The Morgan fingerprint density at radius 2 is 2.00 bits per heavy atom. The smallest absolute Gasteiger partial charge is 0.303 e. The number of anilines is 1. The van der Waals surface area contributed by atoms with Crippen LogP contribution in [0.2, 0.25) is 5.02 Å². The molecule has 1 spiro atoms. The molecule has 4 rings (SSSR count). The molecule has 0 aliphatic carbocycles. The largest absolute Gasteiger partial charge is 0.481 e. The van der Waals surface area contributed by atoms with E-state index in [9.17, 15) is 19.2 Å². The van der Waals surface area contributed by atoms with Gasteiger partial charge in [0.1, 0.15) is 5.54 Å². The standard InChI is InChI=1S/C21H24ClN3O5/c1-3-4-7-25-18(28)15-13(5-6-14(26)27)24-21(16(15)19(25)29)11-8-10(2)9-12(22)17(11)23-20(21)30/h8-9,13,15-16,24H,3-7H2,1-2H3,(H,23,30)(H,26,27). The van der Waals surface area contributed by atoms with Crippen LogP contribution in [0.1, 0.15) is 43.7 Å². The van der Waals surface area contributed by atoms with Crippen LogP contribution in [0.15, 0.2) is 12.1 Å². The lowest BCUT2D eigenvalue weighted by atomic mass is 9.76. The van der Waals surface area contributed by atoms with Gasteiger partial charge in [-0.3, -0.25) is 29.4 Å². The van der Waals surface area contributed by atoms with E-state index in [4.69, 9.17) is 16.7 Å². The molecule has 0 aromatic heterocycles. The topological polar surface area (TPSA) is 116 Å². The van der Waals surface area contributed by atoms with Gasteiger partial charge >= 0.3 is 5.97 Å². The number of aryl methyl sites for hydroxylation is 1. The number of carboxylic acids is 1. The molecule has 0 radical (unpaired) electrons. The lowest BCUT2D eigenvalue weighted by Gasteiger charge is -2.29. The molecule has 3 aliphatic rings. The molecule has 3 N–H and O–H groups in total. The van der Waals surface area contributed by atoms with Gasteiger partial charge in [0, 0.05) is 24.6 Å². The fourth-order valence-electron chi connectivity index (χ4n) is 5.12. The van der Waals surface area contributed by atoms with Gasteiger partial charge in [0.15, 0.2) is 0 Å². The van der Waals surface area contributed by atoms with E-state index in [1.807, 2.05) is 13.8 Å². The molecule has 0 bridgehead atoms. The second-order valence-corrected chi connectivity index (χ2v) is 8.71. The third-order valence-corrected chi connectivity index (χ3v) is 6.71. The van der Waals surface area contributed by atoms with E-state index in [-0.39, 0.29) is 24.7 Å². The average molecular weight is 434 g/mol. The lowest BCUT2D eigenvalue weighted by molar-refractivity contribution is -0.143. The molecule has 1 aromatic rings. The highest BCUT2D eigenvalue weighted by molar-refractivity contribution is 6.35. The van der Waals surface area contributed by atoms with Gasteiger partial charge in [-0.05, 0) is 31.4 Å². The predicted molar refractivity (Wildman–Crippen MR) is 109 cm³/mol. The van der Waals surface area contributed by atoms with Crippen molar-refractivity contribution < 1.29 is 24.3 Å². The van der Waals surface area contributed by atoms with Gasteiger partial charge < -0.3 is 10.4 Å². The summed E-state index contributed by atoms with van der Waals surface area (Å²) < 4.78 is 0. The zero-order chi connectivity index (χ0) is 21.8. The van der Waals surface area contributed by atoms with Gasteiger partial charge in [-0.15, -0.1) is 0 Å². The fourth-order valence-corrected chi connectivity index (χ4v) is 5.44. The Bertz CT molecular complexity index is 964. The number of carbonyl (C=O) groups excluding carboxylic acids is 3. The maximum absolute atomic E-state index is 13.4. The number of nitrogens with one attached hydrogen (secondary N) is 2. The summed E-state index contributed by atoms with van der Waals surface area (Å²) in [6.45, 7) is 4.11. The van der Waals surface area contributed by atoms with Gasteiger partial charge in [-0.2, -0.15) is 0 Å². The van der Waals surface area contributed by atoms with E-state index in [1.54, 1.807) is 12.1 Å².